The number of rotatable bonds is 2. The second kappa shape index (κ2) is 5.70. The van der Waals surface area contributed by atoms with Gasteiger partial charge in [-0.25, -0.2) is 0 Å². The third-order valence-corrected chi connectivity index (χ3v) is 2.53. The summed E-state index contributed by atoms with van der Waals surface area (Å²) < 4.78 is 0. The van der Waals surface area contributed by atoms with Gasteiger partial charge in [0.1, 0.15) is 5.84 Å². The van der Waals surface area contributed by atoms with Crippen LogP contribution in [0.25, 0.3) is 0 Å². The van der Waals surface area contributed by atoms with Gasteiger partial charge in [-0.15, -0.1) is 0 Å². The van der Waals surface area contributed by atoms with E-state index in [4.69, 9.17) is 4.99 Å². The highest BCUT2D eigenvalue weighted by Gasteiger charge is 2.11. The number of benzene rings is 2. The van der Waals surface area contributed by atoms with Gasteiger partial charge >= 0.3 is 0 Å². The van der Waals surface area contributed by atoms with Crippen LogP contribution in [-0.2, 0) is 0 Å². The second-order valence-corrected chi connectivity index (χ2v) is 5.49. The van der Waals surface area contributed by atoms with Crippen molar-refractivity contribution in [2.45, 2.75) is 26.3 Å². The molecule has 0 amide bonds. The summed E-state index contributed by atoms with van der Waals surface area (Å²) in [6, 6.07) is 20.3. The molecule has 98 valence electrons. The molecule has 2 nitrogen and oxygen atoms in total. The molecule has 0 radical (unpaired) electrons. The molecule has 0 fully saturated rings. The molecule has 0 spiro atoms. The Hall–Kier alpha value is -2.09. The van der Waals surface area contributed by atoms with Gasteiger partial charge < -0.3 is 5.32 Å². The quantitative estimate of drug-likeness (QED) is 0.624. The fourth-order valence-corrected chi connectivity index (χ4v) is 1.75. The molecular weight excluding hydrogens is 232 g/mol. The minimum atomic E-state index is -0.118. The normalized spacial score (nSPS) is 12.3. The number of para-hydroxylation sites is 1. The molecule has 0 aromatic heterocycles. The van der Waals surface area contributed by atoms with Crippen LogP contribution in [0.15, 0.2) is 65.7 Å². The Morgan fingerprint density at radius 3 is 1.89 bits per heavy atom. The fraction of sp³-hybridized carbons (Fsp3) is 0.235. The van der Waals surface area contributed by atoms with E-state index in [0.29, 0.717) is 0 Å². The maximum Gasteiger partial charge on any atom is 0.133 e. The SMILES string of the molecule is CC(C)(C)N=C(Nc1ccccc1)c1ccccc1. The van der Waals surface area contributed by atoms with Gasteiger partial charge in [-0.05, 0) is 32.9 Å². The second-order valence-electron chi connectivity index (χ2n) is 5.49. The van der Waals surface area contributed by atoms with Crippen LogP contribution in [0.2, 0.25) is 0 Å². The number of hydrogen-bond acceptors (Lipinski definition) is 1. The lowest BCUT2D eigenvalue weighted by Crippen LogP contribution is -2.21. The van der Waals surface area contributed by atoms with Gasteiger partial charge in [0.05, 0.1) is 5.54 Å². The summed E-state index contributed by atoms with van der Waals surface area (Å²) in [5.74, 6) is 0.902. The molecule has 0 saturated carbocycles. The zero-order valence-electron chi connectivity index (χ0n) is 11.7. The number of amidine groups is 1. The molecule has 0 unspecified atom stereocenters. The molecule has 19 heavy (non-hydrogen) atoms. The summed E-state index contributed by atoms with van der Waals surface area (Å²) in [5.41, 5.74) is 2.03. The standard InChI is InChI=1S/C17H20N2/c1-17(2,3)19-16(14-10-6-4-7-11-14)18-15-12-8-5-9-13-15/h4-13H,1-3H3,(H,18,19). The first kappa shape index (κ1) is 13.3. The van der Waals surface area contributed by atoms with Crippen molar-refractivity contribution in [3.63, 3.8) is 0 Å². The lowest BCUT2D eigenvalue weighted by Gasteiger charge is -2.17. The number of hydrogen-bond donors (Lipinski definition) is 1. The third-order valence-electron chi connectivity index (χ3n) is 2.53. The van der Waals surface area contributed by atoms with E-state index in [9.17, 15) is 0 Å². The fourth-order valence-electron chi connectivity index (χ4n) is 1.75. The molecule has 0 bridgehead atoms. The largest absolute Gasteiger partial charge is 0.340 e. The van der Waals surface area contributed by atoms with E-state index in [1.807, 2.05) is 48.5 Å². The molecule has 0 heterocycles. The minimum Gasteiger partial charge on any atom is -0.340 e. The Balaban J connectivity index is 2.34. The van der Waals surface area contributed by atoms with E-state index in [0.717, 1.165) is 17.1 Å². The highest BCUT2D eigenvalue weighted by Crippen LogP contribution is 2.14. The van der Waals surface area contributed by atoms with Crippen molar-refractivity contribution in [2.24, 2.45) is 4.99 Å². The number of nitrogens with zero attached hydrogens (tertiary/aromatic N) is 1. The van der Waals surface area contributed by atoms with E-state index >= 15 is 0 Å². The first-order valence-corrected chi connectivity index (χ1v) is 6.52. The average Bonchev–Trinajstić information content (AvgIpc) is 2.39. The van der Waals surface area contributed by atoms with Gasteiger partial charge in [-0.1, -0.05) is 48.5 Å². The molecule has 0 saturated heterocycles. The summed E-state index contributed by atoms with van der Waals surface area (Å²) in [6.07, 6.45) is 0. The molecule has 0 aliphatic rings. The van der Waals surface area contributed by atoms with Crippen molar-refractivity contribution in [3.8, 4) is 0 Å². The number of aliphatic imine (C=N–C) groups is 1. The summed E-state index contributed by atoms with van der Waals surface area (Å²) in [7, 11) is 0. The molecule has 2 rings (SSSR count). The Kier molecular flexibility index (Phi) is 4.00. The van der Waals surface area contributed by atoms with Crippen LogP contribution in [-0.4, -0.2) is 11.4 Å². The Morgan fingerprint density at radius 1 is 0.842 bits per heavy atom. The van der Waals surface area contributed by atoms with Crippen molar-refractivity contribution in [1.82, 2.24) is 0 Å². The van der Waals surface area contributed by atoms with Gasteiger partial charge in [0.15, 0.2) is 0 Å². The molecule has 0 aliphatic carbocycles. The van der Waals surface area contributed by atoms with Crippen LogP contribution in [0.1, 0.15) is 26.3 Å². The highest BCUT2D eigenvalue weighted by atomic mass is 15.0. The Labute approximate surface area is 115 Å². The van der Waals surface area contributed by atoms with Gasteiger partial charge in [0.25, 0.3) is 0 Å². The van der Waals surface area contributed by atoms with Crippen LogP contribution in [0.5, 0.6) is 0 Å². The maximum atomic E-state index is 4.78. The van der Waals surface area contributed by atoms with Crippen LogP contribution in [0.3, 0.4) is 0 Å². The first-order chi connectivity index (χ1) is 9.04. The van der Waals surface area contributed by atoms with Crippen LogP contribution in [0, 0.1) is 0 Å². The van der Waals surface area contributed by atoms with E-state index in [-0.39, 0.29) is 5.54 Å². The maximum absolute atomic E-state index is 4.78. The molecule has 2 aromatic rings. The van der Waals surface area contributed by atoms with Gasteiger partial charge in [-0.2, -0.15) is 0 Å². The van der Waals surface area contributed by atoms with Gasteiger partial charge in [0.2, 0.25) is 0 Å². The molecular formula is C17H20N2. The number of anilines is 1. The van der Waals surface area contributed by atoms with Crippen molar-refractivity contribution in [3.05, 3.63) is 66.2 Å². The molecule has 2 heteroatoms. The van der Waals surface area contributed by atoms with E-state index in [1.165, 1.54) is 0 Å². The smallest absolute Gasteiger partial charge is 0.133 e. The Morgan fingerprint density at radius 2 is 1.37 bits per heavy atom. The predicted octanol–water partition coefficient (Wildman–Crippen LogP) is 4.34. The zero-order valence-corrected chi connectivity index (χ0v) is 11.7. The van der Waals surface area contributed by atoms with Crippen molar-refractivity contribution in [1.29, 1.82) is 0 Å². The van der Waals surface area contributed by atoms with Gasteiger partial charge in [-0.3, -0.25) is 4.99 Å². The molecule has 2 aromatic carbocycles. The average molecular weight is 252 g/mol. The topological polar surface area (TPSA) is 24.4 Å². The van der Waals surface area contributed by atoms with Crippen LogP contribution < -0.4 is 5.32 Å². The monoisotopic (exact) mass is 252 g/mol. The highest BCUT2D eigenvalue weighted by molar-refractivity contribution is 6.08. The lowest BCUT2D eigenvalue weighted by atomic mass is 10.1. The predicted molar refractivity (Wildman–Crippen MR) is 82.8 cm³/mol. The minimum absolute atomic E-state index is 0.118. The first-order valence-electron chi connectivity index (χ1n) is 6.52. The molecule has 1 N–H and O–H groups in total. The summed E-state index contributed by atoms with van der Waals surface area (Å²) in [5, 5.41) is 3.40. The van der Waals surface area contributed by atoms with Gasteiger partial charge in [0, 0.05) is 11.3 Å². The van der Waals surface area contributed by atoms with Crippen molar-refractivity contribution in [2.75, 3.05) is 5.32 Å². The molecule has 0 atom stereocenters. The number of nitrogens with one attached hydrogen (secondary N) is 1. The van der Waals surface area contributed by atoms with E-state index < -0.39 is 0 Å². The van der Waals surface area contributed by atoms with E-state index in [1.54, 1.807) is 0 Å². The summed E-state index contributed by atoms with van der Waals surface area (Å²) in [6.45, 7) is 6.30. The summed E-state index contributed by atoms with van der Waals surface area (Å²) >= 11 is 0. The Bertz CT molecular complexity index is 536. The van der Waals surface area contributed by atoms with Crippen molar-refractivity contribution < 1.29 is 0 Å². The van der Waals surface area contributed by atoms with Crippen molar-refractivity contribution >= 4 is 11.5 Å². The zero-order chi connectivity index (χ0) is 13.7. The third kappa shape index (κ3) is 4.25. The van der Waals surface area contributed by atoms with Crippen LogP contribution >= 0.6 is 0 Å². The lowest BCUT2D eigenvalue weighted by molar-refractivity contribution is 0.584. The van der Waals surface area contributed by atoms with Crippen LogP contribution in [0.4, 0.5) is 5.69 Å². The molecule has 0 aliphatic heterocycles. The summed E-state index contributed by atoms with van der Waals surface area (Å²) in [4.78, 5) is 4.78. The van der Waals surface area contributed by atoms with E-state index in [2.05, 4.69) is 38.2 Å².